The first-order valence-corrected chi connectivity index (χ1v) is 7.94. The molecule has 2 aliphatic rings. The van der Waals surface area contributed by atoms with E-state index in [1.807, 2.05) is 0 Å². The van der Waals surface area contributed by atoms with Gasteiger partial charge in [-0.1, -0.05) is 72.8 Å². The van der Waals surface area contributed by atoms with E-state index in [0.29, 0.717) is 0 Å². The molecule has 0 N–H and O–H groups in total. The van der Waals surface area contributed by atoms with Gasteiger partial charge in [0.15, 0.2) is 0 Å². The Morgan fingerprint density at radius 2 is 1.05 bits per heavy atom. The summed E-state index contributed by atoms with van der Waals surface area (Å²) in [7, 11) is 0. The van der Waals surface area contributed by atoms with Crippen LogP contribution in [0.4, 0.5) is 0 Å². The summed E-state index contributed by atoms with van der Waals surface area (Å²) in [5.41, 5.74) is 5.83. The van der Waals surface area contributed by atoms with E-state index >= 15 is 0 Å². The van der Waals surface area contributed by atoms with Crippen LogP contribution in [0.3, 0.4) is 0 Å². The van der Waals surface area contributed by atoms with E-state index in [2.05, 4.69) is 72.8 Å². The molecule has 2 aromatic rings. The van der Waals surface area contributed by atoms with Gasteiger partial charge in [-0.2, -0.15) is 0 Å². The van der Waals surface area contributed by atoms with Crippen molar-refractivity contribution in [1.29, 1.82) is 0 Å². The second-order valence-electron chi connectivity index (χ2n) is 6.23. The van der Waals surface area contributed by atoms with Gasteiger partial charge in [0.1, 0.15) is 0 Å². The number of fused-ring (bicyclic) bond motifs is 2. The third-order valence-corrected chi connectivity index (χ3v) is 4.89. The summed E-state index contributed by atoms with van der Waals surface area (Å²) >= 11 is 0. The standard InChI is InChI=1S/C21H20/c1-3-7-16(8-4-1)13-20-18-11-12-19(15-18)21(20)14-17-9-5-2-6-10-17/h1-10,13-14,18-19H,11-12,15H2/b20-13+,21-14+/t18-,19+. The van der Waals surface area contributed by atoms with Crippen LogP contribution in [-0.2, 0) is 0 Å². The minimum atomic E-state index is 0.783. The largest absolute Gasteiger partial charge is 0.0622 e. The zero-order valence-corrected chi connectivity index (χ0v) is 12.2. The monoisotopic (exact) mass is 272 g/mol. The molecule has 0 unspecified atom stereocenters. The molecule has 0 spiro atoms. The van der Waals surface area contributed by atoms with Crippen molar-refractivity contribution in [1.82, 2.24) is 0 Å². The molecule has 104 valence electrons. The highest BCUT2D eigenvalue weighted by Gasteiger charge is 2.39. The zero-order valence-electron chi connectivity index (χ0n) is 12.2. The molecule has 0 nitrogen and oxygen atoms in total. The second kappa shape index (κ2) is 5.37. The van der Waals surface area contributed by atoms with Crippen molar-refractivity contribution in [3.63, 3.8) is 0 Å². The first kappa shape index (κ1) is 12.6. The Bertz CT molecular complexity index is 615. The van der Waals surface area contributed by atoms with Gasteiger partial charge in [0.25, 0.3) is 0 Å². The van der Waals surface area contributed by atoms with E-state index in [0.717, 1.165) is 11.8 Å². The molecule has 0 aliphatic heterocycles. The Kier molecular flexibility index (Phi) is 3.23. The number of rotatable bonds is 2. The molecule has 4 rings (SSSR count). The van der Waals surface area contributed by atoms with E-state index in [9.17, 15) is 0 Å². The summed E-state index contributed by atoms with van der Waals surface area (Å²) in [5.74, 6) is 1.57. The molecule has 21 heavy (non-hydrogen) atoms. The fourth-order valence-electron chi connectivity index (χ4n) is 3.88. The Morgan fingerprint density at radius 3 is 1.48 bits per heavy atom. The number of benzene rings is 2. The van der Waals surface area contributed by atoms with Crippen molar-refractivity contribution >= 4 is 12.2 Å². The van der Waals surface area contributed by atoms with Crippen molar-refractivity contribution in [3.05, 3.63) is 82.9 Å². The Labute approximate surface area is 126 Å². The van der Waals surface area contributed by atoms with Gasteiger partial charge in [0, 0.05) is 0 Å². The summed E-state index contributed by atoms with van der Waals surface area (Å²) in [5, 5.41) is 0. The van der Waals surface area contributed by atoms with Crippen molar-refractivity contribution in [2.24, 2.45) is 11.8 Å². The summed E-state index contributed by atoms with van der Waals surface area (Å²) < 4.78 is 0. The maximum Gasteiger partial charge on any atom is -0.0153 e. The second-order valence-corrected chi connectivity index (χ2v) is 6.23. The topological polar surface area (TPSA) is 0 Å². The Morgan fingerprint density at radius 1 is 0.619 bits per heavy atom. The Hall–Kier alpha value is -2.08. The minimum Gasteiger partial charge on any atom is -0.0622 e. The molecule has 0 heteroatoms. The average Bonchev–Trinajstić information content (AvgIpc) is 3.13. The normalized spacial score (nSPS) is 27.6. The fraction of sp³-hybridized carbons (Fsp3) is 0.238. The van der Waals surface area contributed by atoms with Gasteiger partial charge in [-0.05, 0) is 53.4 Å². The van der Waals surface area contributed by atoms with E-state index in [-0.39, 0.29) is 0 Å². The predicted octanol–water partition coefficient (Wildman–Crippen LogP) is 5.58. The zero-order chi connectivity index (χ0) is 14.1. The van der Waals surface area contributed by atoms with Crippen LogP contribution < -0.4 is 0 Å². The van der Waals surface area contributed by atoms with Gasteiger partial charge in [-0.3, -0.25) is 0 Å². The van der Waals surface area contributed by atoms with E-state index in [4.69, 9.17) is 0 Å². The SMILES string of the molecule is C(=C1\C(=C\c2ccccc2)[C@H]2CC[C@@H]1C2)/c1ccccc1. The van der Waals surface area contributed by atoms with E-state index in [1.54, 1.807) is 11.1 Å². The van der Waals surface area contributed by atoms with Crippen molar-refractivity contribution in [3.8, 4) is 0 Å². The van der Waals surface area contributed by atoms with Gasteiger partial charge in [-0.15, -0.1) is 0 Å². The van der Waals surface area contributed by atoms with Crippen molar-refractivity contribution in [2.45, 2.75) is 19.3 Å². The summed E-state index contributed by atoms with van der Waals surface area (Å²) in [4.78, 5) is 0. The van der Waals surface area contributed by atoms with Crippen LogP contribution in [-0.4, -0.2) is 0 Å². The summed E-state index contributed by atoms with van der Waals surface area (Å²) in [6.45, 7) is 0. The molecule has 0 aromatic heterocycles. The third-order valence-electron chi connectivity index (χ3n) is 4.89. The lowest BCUT2D eigenvalue weighted by molar-refractivity contribution is 0.660. The summed E-state index contributed by atoms with van der Waals surface area (Å²) in [6, 6.07) is 21.5. The lowest BCUT2D eigenvalue weighted by Crippen LogP contribution is -2.02. The van der Waals surface area contributed by atoms with Crippen LogP contribution in [0.15, 0.2) is 71.8 Å². The molecule has 2 bridgehead atoms. The van der Waals surface area contributed by atoms with Gasteiger partial charge >= 0.3 is 0 Å². The lowest BCUT2D eigenvalue weighted by Gasteiger charge is -2.18. The number of hydrogen-bond acceptors (Lipinski definition) is 0. The molecule has 2 atom stereocenters. The van der Waals surface area contributed by atoms with Crippen LogP contribution in [0.1, 0.15) is 30.4 Å². The molecular weight excluding hydrogens is 252 g/mol. The Balaban J connectivity index is 1.75. The molecule has 2 saturated carbocycles. The lowest BCUT2D eigenvalue weighted by atomic mass is 9.87. The molecular formula is C21H20. The molecule has 0 amide bonds. The molecule has 0 saturated heterocycles. The quantitative estimate of drug-likeness (QED) is 0.669. The van der Waals surface area contributed by atoms with E-state index < -0.39 is 0 Å². The van der Waals surface area contributed by atoms with Gasteiger partial charge in [0.2, 0.25) is 0 Å². The molecule has 0 radical (unpaired) electrons. The highest BCUT2D eigenvalue weighted by molar-refractivity contribution is 5.69. The van der Waals surface area contributed by atoms with Crippen LogP contribution in [0.2, 0.25) is 0 Å². The van der Waals surface area contributed by atoms with E-state index in [1.165, 1.54) is 30.4 Å². The van der Waals surface area contributed by atoms with Gasteiger partial charge in [0.05, 0.1) is 0 Å². The minimum absolute atomic E-state index is 0.783. The highest BCUT2D eigenvalue weighted by atomic mass is 14.4. The third kappa shape index (κ3) is 2.47. The first-order chi connectivity index (χ1) is 10.4. The van der Waals surface area contributed by atoms with Crippen LogP contribution in [0.25, 0.3) is 12.2 Å². The maximum atomic E-state index is 2.42. The first-order valence-electron chi connectivity index (χ1n) is 7.94. The molecule has 2 aromatic carbocycles. The number of allylic oxidation sites excluding steroid dienone is 2. The van der Waals surface area contributed by atoms with Crippen molar-refractivity contribution < 1.29 is 0 Å². The summed E-state index contributed by atoms with van der Waals surface area (Å²) in [6.07, 6.45) is 8.93. The van der Waals surface area contributed by atoms with Gasteiger partial charge < -0.3 is 0 Å². The number of hydrogen-bond donors (Lipinski definition) is 0. The van der Waals surface area contributed by atoms with Gasteiger partial charge in [-0.25, -0.2) is 0 Å². The predicted molar refractivity (Wildman–Crippen MR) is 89.7 cm³/mol. The maximum absolute atomic E-state index is 2.42. The highest BCUT2D eigenvalue weighted by Crippen LogP contribution is 2.52. The molecule has 2 aliphatic carbocycles. The smallest absolute Gasteiger partial charge is 0.0153 e. The van der Waals surface area contributed by atoms with Crippen LogP contribution in [0.5, 0.6) is 0 Å². The van der Waals surface area contributed by atoms with Crippen molar-refractivity contribution in [2.75, 3.05) is 0 Å². The van der Waals surface area contributed by atoms with Crippen LogP contribution >= 0.6 is 0 Å². The molecule has 2 fully saturated rings. The van der Waals surface area contributed by atoms with Crippen LogP contribution in [0, 0.1) is 11.8 Å². The molecule has 0 heterocycles. The average molecular weight is 272 g/mol. The fourth-order valence-corrected chi connectivity index (χ4v) is 3.88.